The number of aliphatic carboxylic acids is 1. The van der Waals surface area contributed by atoms with Gasteiger partial charge in [-0.1, -0.05) is 0 Å². The number of thioether (sulfide) groups is 1. The minimum Gasteiger partial charge on any atom is -0.481 e. The Balaban J connectivity index is 2.50. The van der Waals surface area contributed by atoms with E-state index < -0.39 is 5.97 Å². The second-order valence-corrected chi connectivity index (χ2v) is 3.33. The third kappa shape index (κ3) is 1.44. The molecule has 1 rings (SSSR count). The second kappa shape index (κ2) is 3.25. The van der Waals surface area contributed by atoms with Crippen LogP contribution < -0.4 is 0 Å². The molecule has 0 aliphatic carbocycles. The van der Waals surface area contributed by atoms with Crippen LogP contribution in [0.25, 0.3) is 0 Å². The van der Waals surface area contributed by atoms with Crippen LogP contribution in [0.15, 0.2) is 0 Å². The molecule has 2 atom stereocenters. The van der Waals surface area contributed by atoms with Gasteiger partial charge in [-0.25, -0.2) is 0 Å². The molecule has 58 valence electrons. The van der Waals surface area contributed by atoms with Crippen LogP contribution in [0, 0.1) is 5.92 Å². The summed E-state index contributed by atoms with van der Waals surface area (Å²) in [6.07, 6.45) is -0.0810. The summed E-state index contributed by atoms with van der Waals surface area (Å²) in [6, 6.07) is 0. The van der Waals surface area contributed by atoms with E-state index in [1.807, 2.05) is 0 Å². The molecule has 3 nitrogen and oxygen atoms in total. The Morgan fingerprint density at radius 2 is 2.40 bits per heavy atom. The van der Waals surface area contributed by atoms with Crippen molar-refractivity contribution in [3.8, 4) is 0 Å². The van der Waals surface area contributed by atoms with Gasteiger partial charge in [-0.05, 0) is 0 Å². The Bertz CT molecular complexity index is 137. The lowest BCUT2D eigenvalue weighted by Crippen LogP contribution is -2.27. The van der Waals surface area contributed by atoms with Crippen molar-refractivity contribution in [2.45, 2.75) is 6.10 Å². The van der Waals surface area contributed by atoms with E-state index in [0.29, 0.717) is 5.75 Å². The van der Waals surface area contributed by atoms with Gasteiger partial charge in [-0.2, -0.15) is 11.8 Å². The Kier molecular flexibility index (Phi) is 2.56. The molecule has 0 saturated carbocycles. The van der Waals surface area contributed by atoms with Gasteiger partial charge in [-0.15, -0.1) is 0 Å². The Labute approximate surface area is 63.8 Å². The highest BCUT2D eigenvalue weighted by Crippen LogP contribution is 2.26. The number of methoxy groups -OCH3 is 1. The topological polar surface area (TPSA) is 46.5 Å². The molecule has 0 amide bonds. The van der Waals surface area contributed by atoms with Gasteiger partial charge in [0.25, 0.3) is 0 Å². The average Bonchev–Trinajstić information content (AvgIpc) is 2.33. The summed E-state index contributed by atoms with van der Waals surface area (Å²) in [4.78, 5) is 10.5. The maximum Gasteiger partial charge on any atom is 0.310 e. The van der Waals surface area contributed by atoms with Crippen LogP contribution in [0.5, 0.6) is 0 Å². The highest BCUT2D eigenvalue weighted by atomic mass is 32.2. The quantitative estimate of drug-likeness (QED) is 0.640. The van der Waals surface area contributed by atoms with Gasteiger partial charge < -0.3 is 9.84 Å². The fourth-order valence-electron chi connectivity index (χ4n) is 0.997. The van der Waals surface area contributed by atoms with E-state index in [0.717, 1.165) is 5.75 Å². The van der Waals surface area contributed by atoms with Gasteiger partial charge in [0.2, 0.25) is 0 Å². The minimum absolute atomic E-state index is 0.0810. The first kappa shape index (κ1) is 7.88. The van der Waals surface area contributed by atoms with Crippen LogP contribution in [0.4, 0.5) is 0 Å². The predicted molar refractivity (Wildman–Crippen MR) is 39.2 cm³/mol. The van der Waals surface area contributed by atoms with Crippen LogP contribution >= 0.6 is 11.8 Å². The minimum atomic E-state index is -0.739. The zero-order valence-corrected chi connectivity index (χ0v) is 6.56. The molecule has 1 fully saturated rings. The summed E-state index contributed by atoms with van der Waals surface area (Å²) in [6.45, 7) is 0. The lowest BCUT2D eigenvalue weighted by Gasteiger charge is -2.11. The molecule has 1 aliphatic heterocycles. The molecule has 4 heteroatoms. The number of rotatable bonds is 2. The maximum absolute atomic E-state index is 10.5. The summed E-state index contributed by atoms with van der Waals surface area (Å²) in [7, 11) is 1.56. The zero-order chi connectivity index (χ0) is 7.56. The molecule has 1 saturated heterocycles. The van der Waals surface area contributed by atoms with Gasteiger partial charge in [0.15, 0.2) is 0 Å². The molecular weight excluding hydrogens is 152 g/mol. The third-order valence-electron chi connectivity index (χ3n) is 1.65. The standard InChI is InChI=1S/C6H10O3S/c1-9-5-3-10-2-4(5)6(7)8/h4-5H,2-3H2,1H3,(H,7,8). The Morgan fingerprint density at radius 1 is 1.70 bits per heavy atom. The van der Waals surface area contributed by atoms with Gasteiger partial charge in [0.1, 0.15) is 0 Å². The number of hydrogen-bond acceptors (Lipinski definition) is 3. The number of carboxylic acid groups (broad SMARTS) is 1. The first-order valence-corrected chi connectivity index (χ1v) is 4.24. The van der Waals surface area contributed by atoms with Crippen LogP contribution in [-0.2, 0) is 9.53 Å². The lowest BCUT2D eigenvalue weighted by atomic mass is 10.1. The molecule has 2 unspecified atom stereocenters. The number of carboxylic acids is 1. The molecule has 0 aromatic heterocycles. The molecule has 0 aromatic rings. The van der Waals surface area contributed by atoms with Crippen molar-refractivity contribution in [1.82, 2.24) is 0 Å². The molecule has 10 heavy (non-hydrogen) atoms. The molecule has 0 radical (unpaired) electrons. The van der Waals surface area contributed by atoms with Gasteiger partial charge in [0, 0.05) is 18.6 Å². The van der Waals surface area contributed by atoms with E-state index in [2.05, 4.69) is 0 Å². The molecule has 0 bridgehead atoms. The van der Waals surface area contributed by atoms with E-state index in [1.165, 1.54) is 0 Å². The van der Waals surface area contributed by atoms with Crippen molar-refractivity contribution in [1.29, 1.82) is 0 Å². The van der Waals surface area contributed by atoms with E-state index in [4.69, 9.17) is 9.84 Å². The molecule has 1 heterocycles. The summed E-state index contributed by atoms with van der Waals surface area (Å²) < 4.78 is 4.98. The maximum atomic E-state index is 10.5. The van der Waals surface area contributed by atoms with E-state index in [1.54, 1.807) is 18.9 Å². The van der Waals surface area contributed by atoms with Gasteiger partial charge in [0.05, 0.1) is 12.0 Å². The van der Waals surface area contributed by atoms with E-state index in [9.17, 15) is 4.79 Å². The molecule has 0 aromatic carbocycles. The van der Waals surface area contributed by atoms with Crippen LogP contribution in [-0.4, -0.2) is 35.8 Å². The monoisotopic (exact) mass is 162 g/mol. The third-order valence-corrected chi connectivity index (χ3v) is 2.81. The van der Waals surface area contributed by atoms with Crippen molar-refractivity contribution in [3.05, 3.63) is 0 Å². The first-order valence-electron chi connectivity index (χ1n) is 3.09. The lowest BCUT2D eigenvalue weighted by molar-refractivity contribution is -0.144. The van der Waals surface area contributed by atoms with Crippen LogP contribution in [0.3, 0.4) is 0 Å². The van der Waals surface area contributed by atoms with Crippen molar-refractivity contribution < 1.29 is 14.6 Å². The predicted octanol–water partition coefficient (Wildman–Crippen LogP) is 0.449. The van der Waals surface area contributed by atoms with Crippen LogP contribution in [0.1, 0.15) is 0 Å². The van der Waals surface area contributed by atoms with Crippen molar-refractivity contribution in [3.63, 3.8) is 0 Å². The van der Waals surface area contributed by atoms with Crippen molar-refractivity contribution in [2.24, 2.45) is 5.92 Å². The molecule has 0 spiro atoms. The largest absolute Gasteiger partial charge is 0.481 e. The summed E-state index contributed by atoms with van der Waals surface area (Å²) in [5.74, 6) is 0.466. The fraction of sp³-hybridized carbons (Fsp3) is 0.833. The van der Waals surface area contributed by atoms with Crippen molar-refractivity contribution in [2.75, 3.05) is 18.6 Å². The highest BCUT2D eigenvalue weighted by Gasteiger charge is 2.33. The molecule has 1 aliphatic rings. The molecular formula is C6H10O3S. The van der Waals surface area contributed by atoms with Gasteiger partial charge >= 0.3 is 5.97 Å². The summed E-state index contributed by atoms with van der Waals surface area (Å²) in [5.41, 5.74) is 0. The SMILES string of the molecule is COC1CSCC1C(=O)O. The number of carbonyl (C=O) groups is 1. The number of hydrogen-bond donors (Lipinski definition) is 1. The molecule has 1 N–H and O–H groups in total. The normalized spacial score (nSPS) is 32.5. The highest BCUT2D eigenvalue weighted by molar-refractivity contribution is 7.99. The Hall–Kier alpha value is -0.220. The van der Waals surface area contributed by atoms with Crippen molar-refractivity contribution >= 4 is 17.7 Å². The Morgan fingerprint density at radius 3 is 2.80 bits per heavy atom. The first-order chi connectivity index (χ1) is 4.75. The second-order valence-electron chi connectivity index (χ2n) is 2.26. The number of ether oxygens (including phenoxy) is 1. The van der Waals surface area contributed by atoms with E-state index in [-0.39, 0.29) is 12.0 Å². The van der Waals surface area contributed by atoms with Crippen LogP contribution in [0.2, 0.25) is 0 Å². The summed E-state index contributed by atoms with van der Waals surface area (Å²) >= 11 is 1.64. The van der Waals surface area contributed by atoms with E-state index >= 15 is 0 Å². The average molecular weight is 162 g/mol. The summed E-state index contributed by atoms with van der Waals surface area (Å²) in [5, 5.41) is 8.62. The smallest absolute Gasteiger partial charge is 0.310 e. The zero-order valence-electron chi connectivity index (χ0n) is 5.74. The fourth-order valence-corrected chi connectivity index (χ4v) is 2.35. The van der Waals surface area contributed by atoms with Gasteiger partial charge in [-0.3, -0.25) is 4.79 Å².